The third-order valence-corrected chi connectivity index (χ3v) is 2.14. The summed E-state index contributed by atoms with van der Waals surface area (Å²) in [6.45, 7) is 6.14. The van der Waals surface area contributed by atoms with E-state index in [-0.39, 0.29) is 12.6 Å². The van der Waals surface area contributed by atoms with Crippen molar-refractivity contribution in [1.82, 2.24) is 9.97 Å². The summed E-state index contributed by atoms with van der Waals surface area (Å²) in [5.74, 6) is 1.14. The van der Waals surface area contributed by atoms with Gasteiger partial charge in [-0.3, -0.25) is 0 Å². The van der Waals surface area contributed by atoms with Crippen molar-refractivity contribution in [3.63, 3.8) is 0 Å². The highest BCUT2D eigenvalue weighted by molar-refractivity contribution is 5.35. The molecule has 0 aromatic carbocycles. The molecule has 0 saturated carbocycles. The van der Waals surface area contributed by atoms with Gasteiger partial charge in [0.15, 0.2) is 0 Å². The minimum Gasteiger partial charge on any atom is -0.394 e. The summed E-state index contributed by atoms with van der Waals surface area (Å²) in [5.41, 5.74) is 0.919. The van der Waals surface area contributed by atoms with Crippen molar-refractivity contribution in [2.24, 2.45) is 5.92 Å². The van der Waals surface area contributed by atoms with Gasteiger partial charge in [0.1, 0.15) is 12.1 Å². The monoisotopic (exact) mass is 195 g/mol. The van der Waals surface area contributed by atoms with Crippen LogP contribution in [-0.2, 0) is 0 Å². The molecule has 0 aliphatic rings. The molecule has 0 fully saturated rings. The van der Waals surface area contributed by atoms with Crippen LogP contribution < -0.4 is 5.32 Å². The van der Waals surface area contributed by atoms with Gasteiger partial charge in [-0.2, -0.15) is 0 Å². The van der Waals surface area contributed by atoms with Gasteiger partial charge < -0.3 is 10.4 Å². The lowest BCUT2D eigenvalue weighted by Crippen LogP contribution is -2.29. The fourth-order valence-electron chi connectivity index (χ4n) is 1.15. The number of hydrogen-bond donors (Lipinski definition) is 2. The molecule has 0 spiro atoms. The third kappa shape index (κ3) is 2.96. The molecule has 0 aliphatic carbocycles. The van der Waals surface area contributed by atoms with Gasteiger partial charge in [0.25, 0.3) is 0 Å². The molecule has 1 aromatic heterocycles. The fraction of sp³-hybridized carbons (Fsp3) is 0.600. The molecule has 1 heterocycles. The number of aliphatic hydroxyl groups excluding tert-OH is 1. The van der Waals surface area contributed by atoms with Crippen molar-refractivity contribution in [2.45, 2.75) is 26.8 Å². The van der Waals surface area contributed by atoms with Crippen molar-refractivity contribution in [3.05, 3.63) is 18.1 Å². The number of aryl methyl sites for hydroxylation is 1. The second kappa shape index (κ2) is 4.91. The zero-order chi connectivity index (χ0) is 10.6. The molecular formula is C10H17N3O. The van der Waals surface area contributed by atoms with Crippen LogP contribution in [0.15, 0.2) is 12.4 Å². The second-order valence-corrected chi connectivity index (χ2v) is 3.72. The second-order valence-electron chi connectivity index (χ2n) is 3.72. The van der Waals surface area contributed by atoms with E-state index in [4.69, 9.17) is 5.11 Å². The van der Waals surface area contributed by atoms with Crippen LogP contribution in [-0.4, -0.2) is 27.7 Å². The summed E-state index contributed by atoms with van der Waals surface area (Å²) in [5, 5.41) is 12.3. The Kier molecular flexibility index (Phi) is 3.83. The maximum Gasteiger partial charge on any atom is 0.129 e. The normalized spacial score (nSPS) is 12.9. The molecule has 4 heteroatoms. The molecule has 78 valence electrons. The van der Waals surface area contributed by atoms with E-state index in [1.807, 2.05) is 13.0 Å². The van der Waals surface area contributed by atoms with Gasteiger partial charge in [-0.15, -0.1) is 0 Å². The zero-order valence-corrected chi connectivity index (χ0v) is 8.86. The number of rotatable bonds is 4. The highest BCUT2D eigenvalue weighted by Crippen LogP contribution is 2.09. The number of nitrogens with zero attached hydrogens (tertiary/aromatic N) is 2. The van der Waals surface area contributed by atoms with E-state index >= 15 is 0 Å². The predicted molar refractivity (Wildman–Crippen MR) is 56.1 cm³/mol. The van der Waals surface area contributed by atoms with Crippen LogP contribution in [0.4, 0.5) is 5.82 Å². The first-order chi connectivity index (χ1) is 6.63. The molecule has 1 atom stereocenters. The fourth-order valence-corrected chi connectivity index (χ4v) is 1.15. The lowest BCUT2D eigenvalue weighted by Gasteiger charge is -2.20. The minimum atomic E-state index is 0.0456. The smallest absolute Gasteiger partial charge is 0.129 e. The van der Waals surface area contributed by atoms with Crippen LogP contribution in [0.1, 0.15) is 19.5 Å². The van der Waals surface area contributed by atoms with Gasteiger partial charge in [-0.1, -0.05) is 13.8 Å². The number of aliphatic hydroxyl groups is 1. The van der Waals surface area contributed by atoms with Crippen molar-refractivity contribution in [3.8, 4) is 0 Å². The standard InChI is InChI=1S/C10H17N3O/c1-7(2)9(5-14)13-10-4-8(3)11-6-12-10/h4,6-7,9,14H,5H2,1-3H3,(H,11,12,13). The molecule has 0 amide bonds. The number of anilines is 1. The van der Waals surface area contributed by atoms with Gasteiger partial charge in [-0.25, -0.2) is 9.97 Å². The lowest BCUT2D eigenvalue weighted by molar-refractivity contribution is 0.249. The van der Waals surface area contributed by atoms with Crippen LogP contribution in [0.25, 0.3) is 0 Å². The first-order valence-electron chi connectivity index (χ1n) is 4.79. The van der Waals surface area contributed by atoms with Gasteiger partial charge in [0.2, 0.25) is 0 Å². The van der Waals surface area contributed by atoms with Crippen LogP contribution in [0, 0.1) is 12.8 Å². The van der Waals surface area contributed by atoms with E-state index < -0.39 is 0 Å². The van der Waals surface area contributed by atoms with Crippen molar-refractivity contribution >= 4 is 5.82 Å². The molecule has 1 rings (SSSR count). The van der Waals surface area contributed by atoms with Crippen LogP contribution in [0.2, 0.25) is 0 Å². The van der Waals surface area contributed by atoms with E-state index in [9.17, 15) is 0 Å². The molecule has 0 saturated heterocycles. The number of nitrogens with one attached hydrogen (secondary N) is 1. The third-order valence-electron chi connectivity index (χ3n) is 2.14. The Bertz CT molecular complexity index is 288. The van der Waals surface area contributed by atoms with Crippen LogP contribution >= 0.6 is 0 Å². The molecule has 1 unspecified atom stereocenters. The molecule has 4 nitrogen and oxygen atoms in total. The van der Waals surface area contributed by atoms with Crippen molar-refractivity contribution < 1.29 is 5.11 Å². The molecule has 0 aliphatic heterocycles. The molecule has 0 bridgehead atoms. The number of hydrogen-bond acceptors (Lipinski definition) is 4. The first kappa shape index (κ1) is 10.9. The Morgan fingerprint density at radius 2 is 2.14 bits per heavy atom. The van der Waals surface area contributed by atoms with E-state index in [0.29, 0.717) is 5.92 Å². The molecule has 0 radical (unpaired) electrons. The summed E-state index contributed by atoms with van der Waals surface area (Å²) in [6, 6.07) is 1.91. The van der Waals surface area contributed by atoms with Crippen molar-refractivity contribution in [2.75, 3.05) is 11.9 Å². The summed E-state index contributed by atoms with van der Waals surface area (Å²) in [6.07, 6.45) is 1.52. The summed E-state index contributed by atoms with van der Waals surface area (Å²) in [4.78, 5) is 8.08. The van der Waals surface area contributed by atoms with Gasteiger partial charge in [0.05, 0.1) is 12.6 Å². The Morgan fingerprint density at radius 3 is 2.64 bits per heavy atom. The molecule has 14 heavy (non-hydrogen) atoms. The van der Waals surface area contributed by atoms with Gasteiger partial charge >= 0.3 is 0 Å². The molecule has 1 aromatic rings. The quantitative estimate of drug-likeness (QED) is 0.758. The zero-order valence-electron chi connectivity index (χ0n) is 8.86. The molecular weight excluding hydrogens is 178 g/mol. The van der Waals surface area contributed by atoms with Gasteiger partial charge in [-0.05, 0) is 12.8 Å². The molecule has 2 N–H and O–H groups in total. The van der Waals surface area contributed by atoms with E-state index in [0.717, 1.165) is 11.5 Å². The summed E-state index contributed by atoms with van der Waals surface area (Å²) in [7, 11) is 0. The van der Waals surface area contributed by atoms with Gasteiger partial charge in [0, 0.05) is 11.8 Å². The maximum absolute atomic E-state index is 9.12. The average Bonchev–Trinajstić information content (AvgIpc) is 2.14. The SMILES string of the molecule is Cc1cc(NC(CO)C(C)C)ncn1. The Labute approximate surface area is 84.4 Å². The van der Waals surface area contributed by atoms with E-state index in [1.165, 1.54) is 6.33 Å². The lowest BCUT2D eigenvalue weighted by atomic mass is 10.1. The Morgan fingerprint density at radius 1 is 1.43 bits per heavy atom. The van der Waals surface area contributed by atoms with E-state index in [2.05, 4.69) is 29.1 Å². The summed E-state index contributed by atoms with van der Waals surface area (Å²) >= 11 is 0. The predicted octanol–water partition coefficient (Wildman–Crippen LogP) is 1.21. The minimum absolute atomic E-state index is 0.0456. The van der Waals surface area contributed by atoms with Crippen LogP contribution in [0.3, 0.4) is 0 Å². The summed E-state index contributed by atoms with van der Waals surface area (Å²) < 4.78 is 0. The van der Waals surface area contributed by atoms with Crippen LogP contribution in [0.5, 0.6) is 0 Å². The van der Waals surface area contributed by atoms with Crippen molar-refractivity contribution in [1.29, 1.82) is 0 Å². The topological polar surface area (TPSA) is 58.0 Å². The average molecular weight is 195 g/mol. The maximum atomic E-state index is 9.12. The largest absolute Gasteiger partial charge is 0.394 e. The number of aromatic nitrogens is 2. The van der Waals surface area contributed by atoms with E-state index in [1.54, 1.807) is 0 Å². The first-order valence-corrected chi connectivity index (χ1v) is 4.79. The Hall–Kier alpha value is -1.16. The Balaban J connectivity index is 2.67. The highest BCUT2D eigenvalue weighted by atomic mass is 16.3. The highest BCUT2D eigenvalue weighted by Gasteiger charge is 2.11.